The van der Waals surface area contributed by atoms with Gasteiger partial charge in [-0.15, -0.1) is 0 Å². The standard InChI is InChI=1S/C16H28Cl3NO3/c1-5-6-7-8-9-14(23-15(20)16(17,18)19)13(12(2)3)10-22-11-21-4/h8-9,12-14,20H,5-7,10-11H2,1-4H3/b9-8-,20-15?/t13-,14-/m0/s1. The van der Waals surface area contributed by atoms with E-state index in [9.17, 15) is 0 Å². The van der Waals surface area contributed by atoms with Gasteiger partial charge in [-0.1, -0.05) is 74.5 Å². The molecule has 0 fully saturated rings. The summed E-state index contributed by atoms with van der Waals surface area (Å²) in [5, 5.41) is 7.82. The van der Waals surface area contributed by atoms with Crippen molar-refractivity contribution in [2.24, 2.45) is 11.8 Å². The molecule has 4 nitrogen and oxygen atoms in total. The summed E-state index contributed by atoms with van der Waals surface area (Å²) in [5.74, 6) is -0.114. The minimum absolute atomic E-state index is 0.00993. The number of hydrogen-bond acceptors (Lipinski definition) is 4. The van der Waals surface area contributed by atoms with Gasteiger partial charge in [0, 0.05) is 13.0 Å². The molecule has 23 heavy (non-hydrogen) atoms. The van der Waals surface area contributed by atoms with Gasteiger partial charge >= 0.3 is 0 Å². The largest absolute Gasteiger partial charge is 0.470 e. The molecule has 0 amide bonds. The van der Waals surface area contributed by atoms with Crippen LogP contribution in [0, 0.1) is 17.2 Å². The summed E-state index contributed by atoms with van der Waals surface area (Å²) in [6, 6.07) is 0. The molecule has 0 heterocycles. The van der Waals surface area contributed by atoms with Crippen LogP contribution in [0.25, 0.3) is 0 Å². The molecule has 0 aliphatic rings. The predicted molar refractivity (Wildman–Crippen MR) is 97.7 cm³/mol. The first kappa shape index (κ1) is 23.0. The molecule has 7 heteroatoms. The molecule has 0 saturated carbocycles. The quantitative estimate of drug-likeness (QED) is 0.129. The smallest absolute Gasteiger partial charge is 0.265 e. The van der Waals surface area contributed by atoms with Crippen LogP contribution in [0.4, 0.5) is 0 Å². The van der Waals surface area contributed by atoms with E-state index in [-0.39, 0.29) is 24.5 Å². The third-order valence-corrected chi connectivity index (χ3v) is 3.87. The lowest BCUT2D eigenvalue weighted by molar-refractivity contribution is -0.0615. The fraction of sp³-hybridized carbons (Fsp3) is 0.812. The van der Waals surface area contributed by atoms with Crippen LogP contribution >= 0.6 is 34.8 Å². The topological polar surface area (TPSA) is 51.5 Å². The average Bonchev–Trinajstić information content (AvgIpc) is 2.45. The van der Waals surface area contributed by atoms with Crippen molar-refractivity contribution in [1.82, 2.24) is 0 Å². The number of alkyl halides is 3. The Kier molecular flexibility index (Phi) is 12.4. The SMILES string of the molecule is CCCC/C=C\[C@H](OC(=N)C(Cl)(Cl)Cl)[C@@H](COCOC)C(C)C. The summed E-state index contributed by atoms with van der Waals surface area (Å²) in [7, 11) is 1.57. The number of hydrogen-bond donors (Lipinski definition) is 1. The summed E-state index contributed by atoms with van der Waals surface area (Å²) in [6.45, 7) is 6.90. The summed E-state index contributed by atoms with van der Waals surface area (Å²) in [5.41, 5.74) is 0. The van der Waals surface area contributed by atoms with Crippen molar-refractivity contribution < 1.29 is 14.2 Å². The molecule has 0 aliphatic carbocycles. The predicted octanol–water partition coefficient (Wildman–Crippen LogP) is 5.36. The minimum Gasteiger partial charge on any atom is -0.470 e. The molecule has 0 aromatic heterocycles. The van der Waals surface area contributed by atoms with Gasteiger partial charge in [0.2, 0.25) is 5.90 Å². The number of unbranched alkanes of at least 4 members (excludes halogenated alkanes) is 2. The van der Waals surface area contributed by atoms with Crippen molar-refractivity contribution in [1.29, 1.82) is 5.41 Å². The van der Waals surface area contributed by atoms with Gasteiger partial charge in [-0.25, -0.2) is 0 Å². The fourth-order valence-electron chi connectivity index (χ4n) is 1.96. The van der Waals surface area contributed by atoms with E-state index >= 15 is 0 Å². The number of ether oxygens (including phenoxy) is 3. The lowest BCUT2D eigenvalue weighted by Crippen LogP contribution is -2.35. The Balaban J connectivity index is 5.02. The number of allylic oxidation sites excluding steroid dienone is 1. The number of methoxy groups -OCH3 is 1. The van der Waals surface area contributed by atoms with Crippen molar-refractivity contribution in [3.63, 3.8) is 0 Å². The van der Waals surface area contributed by atoms with E-state index in [4.69, 9.17) is 54.4 Å². The molecule has 0 saturated heterocycles. The van der Waals surface area contributed by atoms with Gasteiger partial charge in [-0.2, -0.15) is 0 Å². The highest BCUT2D eigenvalue weighted by atomic mass is 35.6. The van der Waals surface area contributed by atoms with Crippen molar-refractivity contribution in [2.45, 2.75) is 49.9 Å². The molecule has 136 valence electrons. The average molecular weight is 389 g/mol. The molecule has 0 spiro atoms. The second kappa shape index (κ2) is 12.4. The van der Waals surface area contributed by atoms with Gasteiger partial charge in [0.25, 0.3) is 3.79 Å². The molecule has 0 aliphatic heterocycles. The molecule has 0 rings (SSSR count). The third-order valence-electron chi connectivity index (χ3n) is 3.35. The summed E-state index contributed by atoms with van der Waals surface area (Å²) < 4.78 is 14.1. The second-order valence-corrected chi connectivity index (χ2v) is 7.95. The molecule has 0 unspecified atom stereocenters. The van der Waals surface area contributed by atoms with E-state index in [0.717, 1.165) is 19.3 Å². The maximum absolute atomic E-state index is 7.82. The van der Waals surface area contributed by atoms with E-state index in [0.29, 0.717) is 6.61 Å². The van der Waals surface area contributed by atoms with Gasteiger partial charge in [-0.05, 0) is 18.4 Å². The summed E-state index contributed by atoms with van der Waals surface area (Å²) in [4.78, 5) is 0. The maximum Gasteiger partial charge on any atom is 0.265 e. The van der Waals surface area contributed by atoms with Gasteiger partial charge in [0.15, 0.2) is 0 Å². The fourth-order valence-corrected chi connectivity index (χ4v) is 2.09. The van der Waals surface area contributed by atoms with Gasteiger partial charge < -0.3 is 14.2 Å². The van der Waals surface area contributed by atoms with Crippen LogP contribution in [0.5, 0.6) is 0 Å². The minimum atomic E-state index is -1.87. The Bertz CT molecular complexity index is 357. The zero-order chi connectivity index (χ0) is 17.9. The van der Waals surface area contributed by atoms with Gasteiger partial charge in [0.1, 0.15) is 12.9 Å². The molecular formula is C16H28Cl3NO3. The highest BCUT2D eigenvalue weighted by Gasteiger charge is 2.33. The van der Waals surface area contributed by atoms with Crippen molar-refractivity contribution >= 4 is 40.7 Å². The van der Waals surface area contributed by atoms with E-state index in [1.165, 1.54) is 0 Å². The van der Waals surface area contributed by atoms with E-state index in [1.807, 2.05) is 12.2 Å². The Hall–Kier alpha value is -0.0000000000000000416. The van der Waals surface area contributed by atoms with Crippen LogP contribution in [0.1, 0.15) is 40.0 Å². The summed E-state index contributed by atoms with van der Waals surface area (Å²) in [6.07, 6.45) is 6.74. The number of nitrogens with one attached hydrogen (secondary N) is 1. The normalized spacial score (nSPS) is 15.1. The molecule has 1 N–H and O–H groups in total. The van der Waals surface area contributed by atoms with Crippen LogP contribution in [-0.2, 0) is 14.2 Å². The third kappa shape index (κ3) is 10.5. The molecule has 2 atom stereocenters. The lowest BCUT2D eigenvalue weighted by Gasteiger charge is -2.29. The zero-order valence-corrected chi connectivity index (χ0v) is 16.5. The van der Waals surface area contributed by atoms with E-state index in [1.54, 1.807) is 7.11 Å². The summed E-state index contributed by atoms with van der Waals surface area (Å²) >= 11 is 17.2. The number of rotatable bonds is 11. The molecule has 0 bridgehead atoms. The molecule has 0 aromatic carbocycles. The molecular weight excluding hydrogens is 361 g/mol. The zero-order valence-electron chi connectivity index (χ0n) is 14.3. The highest BCUT2D eigenvalue weighted by Crippen LogP contribution is 2.30. The first-order valence-electron chi connectivity index (χ1n) is 7.79. The van der Waals surface area contributed by atoms with Crippen LogP contribution in [0.3, 0.4) is 0 Å². The van der Waals surface area contributed by atoms with E-state index < -0.39 is 9.90 Å². The van der Waals surface area contributed by atoms with Crippen LogP contribution in [0.2, 0.25) is 0 Å². The lowest BCUT2D eigenvalue weighted by atomic mass is 9.90. The Labute approximate surface area is 154 Å². The van der Waals surface area contributed by atoms with Crippen molar-refractivity contribution in [2.75, 3.05) is 20.5 Å². The van der Waals surface area contributed by atoms with Crippen LogP contribution < -0.4 is 0 Å². The highest BCUT2D eigenvalue weighted by molar-refractivity contribution is 6.76. The monoisotopic (exact) mass is 387 g/mol. The number of halogens is 3. The van der Waals surface area contributed by atoms with Crippen molar-refractivity contribution in [3.8, 4) is 0 Å². The Morgan fingerprint density at radius 2 is 1.91 bits per heavy atom. The van der Waals surface area contributed by atoms with Gasteiger partial charge in [-0.3, -0.25) is 5.41 Å². The van der Waals surface area contributed by atoms with Crippen LogP contribution in [0.15, 0.2) is 12.2 Å². The van der Waals surface area contributed by atoms with E-state index in [2.05, 4.69) is 20.8 Å². The van der Waals surface area contributed by atoms with Crippen molar-refractivity contribution in [3.05, 3.63) is 12.2 Å². The first-order chi connectivity index (χ1) is 10.7. The molecule has 0 radical (unpaired) electrons. The van der Waals surface area contributed by atoms with Gasteiger partial charge in [0.05, 0.1) is 6.61 Å². The Morgan fingerprint density at radius 1 is 1.26 bits per heavy atom. The Morgan fingerprint density at radius 3 is 2.39 bits per heavy atom. The second-order valence-electron chi connectivity index (χ2n) is 5.66. The van der Waals surface area contributed by atoms with Crippen LogP contribution in [-0.4, -0.2) is 36.3 Å². The maximum atomic E-state index is 7.82. The first-order valence-corrected chi connectivity index (χ1v) is 8.93. The molecule has 0 aromatic rings.